The SMILES string of the molecule is C[C@H](CCS(C)(=O)=O)Oc1ncc(C(C)(C)N)c2cc(Nc3ccc4c(n3)[C@@H](C)[C@H](C)OC4=O)ncc12. The number of hydrogen-bond acceptors (Lipinski definition) is 10. The van der Waals surface area contributed by atoms with Gasteiger partial charge < -0.3 is 20.5 Å². The molecule has 0 unspecified atom stereocenters. The minimum atomic E-state index is -3.10. The molecule has 0 saturated carbocycles. The predicted octanol–water partition coefficient (Wildman–Crippen LogP) is 3.83. The molecule has 4 heterocycles. The molecule has 1 aliphatic rings. The molecule has 0 fully saturated rings. The van der Waals surface area contributed by atoms with Crippen LogP contribution < -0.4 is 15.8 Å². The van der Waals surface area contributed by atoms with Gasteiger partial charge in [0.2, 0.25) is 5.88 Å². The number of hydrogen-bond donors (Lipinski definition) is 2. The number of carbonyl (C=O) groups excluding carboxylic acids is 1. The average molecular weight is 528 g/mol. The predicted molar refractivity (Wildman–Crippen MR) is 142 cm³/mol. The molecular formula is C26H33N5O5S. The molecule has 10 nitrogen and oxygen atoms in total. The van der Waals surface area contributed by atoms with Gasteiger partial charge in [0.1, 0.15) is 27.6 Å². The molecule has 0 radical (unpaired) electrons. The summed E-state index contributed by atoms with van der Waals surface area (Å²) in [5.74, 6) is 1.05. The van der Waals surface area contributed by atoms with E-state index in [9.17, 15) is 13.2 Å². The number of nitrogens with two attached hydrogens (primary N) is 1. The van der Waals surface area contributed by atoms with Gasteiger partial charge in [-0.1, -0.05) is 6.92 Å². The number of aromatic nitrogens is 3. The minimum Gasteiger partial charge on any atom is -0.474 e. The van der Waals surface area contributed by atoms with Gasteiger partial charge in [-0.05, 0) is 63.3 Å². The number of sulfone groups is 1. The Hall–Kier alpha value is -3.31. The van der Waals surface area contributed by atoms with E-state index in [1.807, 2.05) is 40.7 Å². The molecule has 0 aliphatic carbocycles. The highest BCUT2D eigenvalue weighted by molar-refractivity contribution is 7.90. The van der Waals surface area contributed by atoms with Crippen molar-refractivity contribution in [1.82, 2.24) is 15.0 Å². The lowest BCUT2D eigenvalue weighted by atomic mass is 9.93. The Morgan fingerprint density at radius 2 is 1.89 bits per heavy atom. The molecular weight excluding hydrogens is 494 g/mol. The van der Waals surface area contributed by atoms with Gasteiger partial charge in [-0.2, -0.15) is 0 Å². The van der Waals surface area contributed by atoms with Crippen LogP contribution in [0.3, 0.4) is 0 Å². The largest absolute Gasteiger partial charge is 0.474 e. The van der Waals surface area contributed by atoms with E-state index in [1.165, 1.54) is 6.26 Å². The number of cyclic esters (lactones) is 1. The van der Waals surface area contributed by atoms with Crippen molar-refractivity contribution in [3.8, 4) is 5.88 Å². The van der Waals surface area contributed by atoms with Crippen LogP contribution in [0, 0.1) is 0 Å². The van der Waals surface area contributed by atoms with Crippen LogP contribution >= 0.6 is 0 Å². The van der Waals surface area contributed by atoms with E-state index >= 15 is 0 Å². The van der Waals surface area contributed by atoms with Gasteiger partial charge in [0.05, 0.1) is 28.5 Å². The zero-order valence-corrected chi connectivity index (χ0v) is 22.7. The topological polar surface area (TPSA) is 146 Å². The van der Waals surface area contributed by atoms with Gasteiger partial charge in [0, 0.05) is 30.1 Å². The Morgan fingerprint density at radius 1 is 1.16 bits per heavy atom. The second-order valence-corrected chi connectivity index (χ2v) is 12.6. The number of nitrogens with zero attached hydrogens (tertiary/aromatic N) is 3. The van der Waals surface area contributed by atoms with Crippen molar-refractivity contribution in [2.75, 3.05) is 17.3 Å². The minimum absolute atomic E-state index is 0.0230. The summed E-state index contributed by atoms with van der Waals surface area (Å²) in [7, 11) is -3.10. The summed E-state index contributed by atoms with van der Waals surface area (Å²) in [6, 6.07) is 5.28. The Labute approximate surface area is 216 Å². The highest BCUT2D eigenvalue weighted by atomic mass is 32.2. The Kier molecular flexibility index (Phi) is 7.13. The lowest BCUT2D eigenvalue weighted by Crippen LogP contribution is -2.29. The number of ether oxygens (including phenoxy) is 2. The molecule has 0 amide bonds. The number of anilines is 2. The fraction of sp³-hybridized carbons (Fsp3) is 0.462. The molecule has 4 rings (SSSR count). The van der Waals surface area contributed by atoms with E-state index in [2.05, 4.69) is 20.3 Å². The number of esters is 1. The van der Waals surface area contributed by atoms with Crippen molar-refractivity contribution in [2.24, 2.45) is 5.73 Å². The molecule has 37 heavy (non-hydrogen) atoms. The first-order valence-corrected chi connectivity index (χ1v) is 14.2. The maximum atomic E-state index is 12.2. The van der Waals surface area contributed by atoms with Crippen LogP contribution in [0.4, 0.5) is 11.6 Å². The quantitative estimate of drug-likeness (QED) is 0.414. The average Bonchev–Trinajstić information content (AvgIpc) is 2.80. The molecule has 1 aliphatic heterocycles. The molecule has 3 atom stereocenters. The second-order valence-electron chi connectivity index (χ2n) is 10.3. The van der Waals surface area contributed by atoms with Crippen LogP contribution in [0.1, 0.15) is 68.6 Å². The van der Waals surface area contributed by atoms with E-state index in [0.717, 1.165) is 10.9 Å². The summed E-state index contributed by atoms with van der Waals surface area (Å²) in [5.41, 5.74) is 7.70. The smallest absolute Gasteiger partial charge is 0.340 e. The number of nitrogens with one attached hydrogen (secondary N) is 1. The summed E-state index contributed by atoms with van der Waals surface area (Å²) in [4.78, 5) is 25.9. The van der Waals surface area contributed by atoms with E-state index in [-0.39, 0.29) is 29.8 Å². The summed E-state index contributed by atoms with van der Waals surface area (Å²) < 4.78 is 34.5. The summed E-state index contributed by atoms with van der Waals surface area (Å²) in [6.45, 7) is 9.41. The molecule has 0 aromatic carbocycles. The maximum absolute atomic E-state index is 12.2. The van der Waals surface area contributed by atoms with Crippen LogP contribution in [0.5, 0.6) is 5.88 Å². The summed E-state index contributed by atoms with van der Waals surface area (Å²) in [5, 5.41) is 4.69. The monoisotopic (exact) mass is 527 g/mol. The van der Waals surface area contributed by atoms with Crippen molar-refractivity contribution >= 4 is 38.2 Å². The van der Waals surface area contributed by atoms with Crippen LogP contribution in [0.15, 0.2) is 30.6 Å². The van der Waals surface area contributed by atoms with Gasteiger partial charge in [-0.15, -0.1) is 0 Å². The lowest BCUT2D eigenvalue weighted by molar-refractivity contribution is 0.0235. The van der Waals surface area contributed by atoms with Crippen molar-refractivity contribution in [1.29, 1.82) is 0 Å². The molecule has 0 spiro atoms. The zero-order valence-electron chi connectivity index (χ0n) is 21.9. The highest BCUT2D eigenvalue weighted by Gasteiger charge is 2.31. The number of carbonyl (C=O) groups is 1. The summed E-state index contributed by atoms with van der Waals surface area (Å²) >= 11 is 0. The third-order valence-electron chi connectivity index (χ3n) is 6.47. The van der Waals surface area contributed by atoms with Crippen molar-refractivity contribution in [3.63, 3.8) is 0 Å². The first kappa shape index (κ1) is 26.7. The Morgan fingerprint density at radius 3 is 2.57 bits per heavy atom. The second kappa shape index (κ2) is 9.86. The Balaban J connectivity index is 1.68. The first-order chi connectivity index (χ1) is 17.2. The van der Waals surface area contributed by atoms with Crippen LogP contribution in [0.25, 0.3) is 10.8 Å². The van der Waals surface area contributed by atoms with Gasteiger partial charge in [-0.25, -0.2) is 28.2 Å². The number of pyridine rings is 3. The number of fused-ring (bicyclic) bond motifs is 2. The normalized spacial score (nSPS) is 18.7. The third-order valence-corrected chi connectivity index (χ3v) is 7.44. The van der Waals surface area contributed by atoms with Crippen LogP contribution in [-0.4, -0.2) is 53.6 Å². The van der Waals surface area contributed by atoms with Crippen molar-refractivity contribution in [3.05, 3.63) is 47.4 Å². The third kappa shape index (κ3) is 5.99. The zero-order chi connectivity index (χ0) is 27.1. The van der Waals surface area contributed by atoms with Crippen molar-refractivity contribution < 1.29 is 22.7 Å². The molecule has 3 aromatic rings. The maximum Gasteiger partial charge on any atom is 0.340 e. The van der Waals surface area contributed by atoms with Gasteiger partial charge in [0.25, 0.3) is 0 Å². The van der Waals surface area contributed by atoms with Gasteiger partial charge >= 0.3 is 5.97 Å². The fourth-order valence-electron chi connectivity index (χ4n) is 4.17. The first-order valence-electron chi connectivity index (χ1n) is 12.1. The van der Waals surface area contributed by atoms with Crippen LogP contribution in [-0.2, 0) is 20.1 Å². The van der Waals surface area contributed by atoms with E-state index in [0.29, 0.717) is 40.6 Å². The lowest BCUT2D eigenvalue weighted by Gasteiger charge is -2.27. The molecule has 3 aromatic heterocycles. The van der Waals surface area contributed by atoms with Gasteiger partial charge in [0.15, 0.2) is 0 Å². The van der Waals surface area contributed by atoms with Crippen LogP contribution in [0.2, 0.25) is 0 Å². The molecule has 3 N–H and O–H groups in total. The van der Waals surface area contributed by atoms with Crippen molar-refractivity contribution in [2.45, 2.75) is 64.7 Å². The summed E-state index contributed by atoms with van der Waals surface area (Å²) in [6.07, 6.45) is 4.25. The fourth-order valence-corrected chi connectivity index (χ4v) is 4.93. The number of rotatable bonds is 8. The standard InChI is InChI=1S/C26H33N5O5S/c1-14(9-10-37(6,33)34)35-24-19-12-28-22(11-18(19)20(13-29-24)26(4,5)27)30-21-8-7-17-23(31-21)15(2)16(3)36-25(17)32/h7-8,11-16H,9-10,27H2,1-6H3,(H,28,30,31)/t14-,15+,16+/m1/s1. The van der Waals surface area contributed by atoms with E-state index < -0.39 is 15.4 Å². The molecule has 11 heteroatoms. The van der Waals surface area contributed by atoms with E-state index in [4.69, 9.17) is 15.2 Å². The molecule has 0 saturated heterocycles. The molecule has 0 bridgehead atoms. The van der Waals surface area contributed by atoms with E-state index in [1.54, 1.807) is 24.5 Å². The molecule has 198 valence electrons. The highest BCUT2D eigenvalue weighted by Crippen LogP contribution is 2.34. The Bertz CT molecular complexity index is 1450. The van der Waals surface area contributed by atoms with Gasteiger partial charge in [-0.3, -0.25) is 0 Å².